The minimum absolute atomic E-state index is 0.0267. The van der Waals surface area contributed by atoms with Crippen LogP contribution in [0.15, 0.2) is 24.3 Å². The molecule has 5 heteroatoms. The van der Waals surface area contributed by atoms with Gasteiger partial charge < -0.3 is 8.85 Å². The Balaban J connectivity index is 3.14. The van der Waals surface area contributed by atoms with Gasteiger partial charge >= 0.3 is 0 Å². The third-order valence-electron chi connectivity index (χ3n) is 9.57. The minimum Gasteiger partial charge on any atom is -0.414 e. The van der Waals surface area contributed by atoms with E-state index in [1.807, 2.05) is 0 Å². The third-order valence-corrected chi connectivity index (χ3v) is 21.3. The zero-order valence-corrected chi connectivity index (χ0v) is 32.1. The van der Waals surface area contributed by atoms with E-state index in [1.165, 1.54) is 6.42 Å². The van der Waals surface area contributed by atoms with E-state index in [9.17, 15) is 0 Å². The summed E-state index contributed by atoms with van der Waals surface area (Å²) >= 11 is 0. The van der Waals surface area contributed by atoms with Crippen molar-refractivity contribution < 1.29 is 8.85 Å². The van der Waals surface area contributed by atoms with Crippen molar-refractivity contribution in [2.45, 2.75) is 163 Å². The van der Waals surface area contributed by atoms with E-state index in [2.05, 4.69) is 152 Å². The fraction of sp³-hybridized carbons (Fsp3) is 0.824. The summed E-state index contributed by atoms with van der Waals surface area (Å²) in [6.45, 7) is 39.8. The second kappa shape index (κ2) is 13.7. The first-order valence-electron chi connectivity index (χ1n) is 15.7. The van der Waals surface area contributed by atoms with Gasteiger partial charge in [-0.25, -0.2) is 0 Å². The Hall–Kier alpha value is -0.389. The molecule has 2 nitrogen and oxygen atoms in total. The Bertz CT molecular complexity index is 866. The molecule has 1 aliphatic carbocycles. The molecule has 0 N–H and O–H groups in total. The van der Waals surface area contributed by atoms with E-state index in [4.69, 9.17) is 8.85 Å². The lowest BCUT2D eigenvalue weighted by Crippen LogP contribution is -2.52. The van der Waals surface area contributed by atoms with Gasteiger partial charge in [-0.2, -0.15) is 0 Å². The van der Waals surface area contributed by atoms with Crippen molar-refractivity contribution in [1.29, 1.82) is 0 Å². The van der Waals surface area contributed by atoms with Crippen LogP contribution in [0.4, 0.5) is 0 Å². The monoisotopic (exact) mass is 590 g/mol. The fourth-order valence-corrected chi connectivity index (χ4v) is 13.8. The van der Waals surface area contributed by atoms with Gasteiger partial charge in [0, 0.05) is 11.3 Å². The molecule has 0 bridgehead atoms. The summed E-state index contributed by atoms with van der Waals surface area (Å²) in [4.78, 5) is 0. The molecule has 0 radical (unpaired) electrons. The van der Waals surface area contributed by atoms with Gasteiger partial charge in [-0.3, -0.25) is 0 Å². The van der Waals surface area contributed by atoms with Gasteiger partial charge in [-0.15, -0.1) is 11.5 Å². The highest BCUT2D eigenvalue weighted by Gasteiger charge is 2.46. The lowest BCUT2D eigenvalue weighted by Gasteiger charge is -2.47. The molecular formula is C34H66O2Si3. The number of hydrogen-bond donors (Lipinski definition) is 0. The molecule has 0 unspecified atom stereocenters. The molecule has 1 aliphatic rings. The highest BCUT2D eigenvalue weighted by Crippen LogP contribution is 2.45. The molecule has 0 amide bonds. The molecule has 39 heavy (non-hydrogen) atoms. The summed E-state index contributed by atoms with van der Waals surface area (Å²) in [6.07, 6.45) is 11.5. The maximum Gasteiger partial charge on any atom is 0.192 e. The maximum atomic E-state index is 7.03. The molecule has 0 aromatic heterocycles. The van der Waals surface area contributed by atoms with Crippen molar-refractivity contribution >= 4 is 24.7 Å². The van der Waals surface area contributed by atoms with E-state index in [-0.39, 0.29) is 22.7 Å². The predicted octanol–water partition coefficient (Wildman–Crippen LogP) is 11.0. The van der Waals surface area contributed by atoms with E-state index in [0.29, 0.717) is 28.5 Å². The number of rotatable bonds is 13. The standard InChI is InChI=1S/C34H66O2Si3/c1-18-20-31(36-38(16,17)33(8,9)10)34(11,12)32(35-37(13,14)15)22-19-21-29-25-30(29)23-24-39(26(2)3,27(4)5)28(6)7/h18-21,26-32H,22,25H2,1-17H3/b20-18+,21-19-/t29-,30+,31-,32-/m0/s1. The summed E-state index contributed by atoms with van der Waals surface area (Å²) in [6, 6.07) is 0. The van der Waals surface area contributed by atoms with Crippen LogP contribution in [0.25, 0.3) is 0 Å². The second-order valence-electron chi connectivity index (χ2n) is 16.2. The van der Waals surface area contributed by atoms with Crippen LogP contribution in [0.5, 0.6) is 0 Å². The van der Waals surface area contributed by atoms with Crippen molar-refractivity contribution in [3.8, 4) is 11.5 Å². The van der Waals surface area contributed by atoms with E-state index in [1.54, 1.807) is 0 Å². The predicted molar refractivity (Wildman–Crippen MR) is 183 cm³/mol. The van der Waals surface area contributed by atoms with Crippen LogP contribution in [0.3, 0.4) is 0 Å². The summed E-state index contributed by atoms with van der Waals surface area (Å²) in [5.74, 6) is 4.92. The molecule has 1 rings (SSSR count). The van der Waals surface area contributed by atoms with Crippen LogP contribution in [-0.4, -0.2) is 36.9 Å². The topological polar surface area (TPSA) is 18.5 Å². The van der Waals surface area contributed by atoms with Crippen molar-refractivity contribution in [3.05, 3.63) is 24.3 Å². The molecule has 226 valence electrons. The van der Waals surface area contributed by atoms with Crippen LogP contribution in [0.1, 0.15) is 95.9 Å². The Kier molecular flexibility index (Phi) is 12.9. The van der Waals surface area contributed by atoms with Gasteiger partial charge in [-0.1, -0.05) is 100 Å². The Morgan fingerprint density at radius 3 is 1.77 bits per heavy atom. The van der Waals surface area contributed by atoms with Crippen LogP contribution >= 0.6 is 0 Å². The molecule has 1 saturated carbocycles. The van der Waals surface area contributed by atoms with E-state index >= 15 is 0 Å². The first-order chi connectivity index (χ1) is 17.5. The molecule has 0 aromatic carbocycles. The van der Waals surface area contributed by atoms with Crippen molar-refractivity contribution in [2.75, 3.05) is 0 Å². The van der Waals surface area contributed by atoms with Gasteiger partial charge in [0.2, 0.25) is 0 Å². The lowest BCUT2D eigenvalue weighted by atomic mass is 9.79. The molecule has 1 fully saturated rings. The normalized spacial score (nSPS) is 21.2. The second-order valence-corrected chi connectivity index (χ2v) is 31.0. The van der Waals surface area contributed by atoms with Gasteiger partial charge in [0.1, 0.15) is 8.07 Å². The quantitative estimate of drug-likeness (QED) is 0.121. The Labute approximate surface area is 248 Å². The van der Waals surface area contributed by atoms with Gasteiger partial charge in [0.25, 0.3) is 0 Å². The first-order valence-corrected chi connectivity index (χ1v) is 24.3. The zero-order chi connectivity index (χ0) is 30.6. The van der Waals surface area contributed by atoms with E-state index in [0.717, 1.165) is 6.42 Å². The fourth-order valence-electron chi connectivity index (χ4n) is 5.84. The number of hydrogen-bond acceptors (Lipinski definition) is 2. The van der Waals surface area contributed by atoms with Gasteiger partial charge in [0.05, 0.1) is 12.2 Å². The molecule has 4 atom stereocenters. The summed E-state index contributed by atoms with van der Waals surface area (Å²) in [5.41, 5.74) is 5.89. The maximum absolute atomic E-state index is 7.03. The van der Waals surface area contributed by atoms with Gasteiger partial charge in [-0.05, 0) is 80.1 Å². The van der Waals surface area contributed by atoms with Crippen LogP contribution in [0.2, 0.25) is 54.4 Å². The molecule has 0 saturated heterocycles. The van der Waals surface area contributed by atoms with Crippen molar-refractivity contribution in [3.63, 3.8) is 0 Å². The van der Waals surface area contributed by atoms with Crippen molar-refractivity contribution in [2.24, 2.45) is 17.3 Å². The average Bonchev–Trinajstić information content (AvgIpc) is 3.48. The SMILES string of the molecule is C/C=C/[C@H](O[Si](C)(C)C(C)(C)C)C(C)(C)[C@H](C/C=C\[C@H]1C[C@H]1C#C[Si](C(C)C)(C(C)C)C(C)C)O[Si](C)(C)C. The largest absolute Gasteiger partial charge is 0.414 e. The Morgan fingerprint density at radius 2 is 1.36 bits per heavy atom. The highest BCUT2D eigenvalue weighted by atomic mass is 28.4. The zero-order valence-electron chi connectivity index (χ0n) is 29.1. The molecule has 0 aliphatic heterocycles. The molecule has 0 spiro atoms. The smallest absolute Gasteiger partial charge is 0.192 e. The highest BCUT2D eigenvalue weighted by molar-refractivity contribution is 6.90. The van der Waals surface area contributed by atoms with Gasteiger partial charge in [0.15, 0.2) is 16.6 Å². The molecule has 0 aromatic rings. The molecular weight excluding hydrogens is 525 g/mol. The summed E-state index contributed by atoms with van der Waals surface area (Å²) in [7, 11) is -5.35. The molecule has 0 heterocycles. The van der Waals surface area contributed by atoms with E-state index < -0.39 is 24.7 Å². The van der Waals surface area contributed by atoms with Crippen LogP contribution < -0.4 is 0 Å². The van der Waals surface area contributed by atoms with Crippen LogP contribution in [-0.2, 0) is 8.85 Å². The summed E-state index contributed by atoms with van der Waals surface area (Å²) < 4.78 is 13.9. The third kappa shape index (κ3) is 9.84. The Morgan fingerprint density at radius 1 is 0.846 bits per heavy atom. The number of allylic oxidation sites excluding steroid dienone is 2. The minimum atomic E-state index is -1.94. The first kappa shape index (κ1) is 36.6. The van der Waals surface area contributed by atoms with Crippen molar-refractivity contribution in [1.82, 2.24) is 0 Å². The summed E-state index contributed by atoms with van der Waals surface area (Å²) in [5, 5.41) is 0.168. The average molecular weight is 591 g/mol. The van der Waals surface area contributed by atoms with Crippen LogP contribution in [0, 0.1) is 28.7 Å². The lowest BCUT2D eigenvalue weighted by molar-refractivity contribution is -0.00789.